The van der Waals surface area contributed by atoms with Crippen molar-refractivity contribution >= 4 is 28.3 Å². The fourth-order valence-corrected chi connectivity index (χ4v) is 6.10. The Morgan fingerprint density at radius 3 is 3.00 bits per heavy atom. The normalized spacial score (nSPS) is 24.5. The molecule has 11 heteroatoms. The summed E-state index contributed by atoms with van der Waals surface area (Å²) in [5, 5.41) is 0.0230. The van der Waals surface area contributed by atoms with Gasteiger partial charge in [-0.15, -0.1) is 0 Å². The van der Waals surface area contributed by atoms with Gasteiger partial charge in [-0.3, -0.25) is 9.88 Å². The zero-order valence-corrected chi connectivity index (χ0v) is 20.9. The number of rotatable bonds is 5. The lowest BCUT2D eigenvalue weighted by Crippen LogP contribution is -2.43. The zero-order valence-electron chi connectivity index (χ0n) is 20.2. The summed E-state index contributed by atoms with van der Waals surface area (Å²) in [6, 6.07) is 3.77. The van der Waals surface area contributed by atoms with Gasteiger partial charge in [0.1, 0.15) is 36.1 Å². The van der Waals surface area contributed by atoms with Crippen LogP contribution in [0, 0.1) is 12.7 Å². The van der Waals surface area contributed by atoms with Crippen LogP contribution in [0.3, 0.4) is 0 Å². The first-order valence-electron chi connectivity index (χ1n) is 12.3. The lowest BCUT2D eigenvalue weighted by molar-refractivity contribution is 0.107. The van der Waals surface area contributed by atoms with Crippen LogP contribution < -0.4 is 14.4 Å². The molecule has 2 saturated heterocycles. The van der Waals surface area contributed by atoms with Gasteiger partial charge < -0.3 is 14.4 Å². The molecule has 6 heterocycles. The Balaban J connectivity index is 1.44. The standard InChI is InChI=1S/C25H27ClF2N6O2/c1-14-17(5-3-7-29-14)15(2)34-9-10-35-23-18-20(19(28)21(26)31-23)30-24(32-22(18)34)36-13-25-6-4-8-33(25)12-16(27)11-25/h3,5,7,15-16H,4,6,8-13H2,1-2H3/t15-,16-,25+/m1/s1. The molecule has 0 saturated carbocycles. The molecule has 190 valence electrons. The number of nitrogens with zero attached hydrogens (tertiary/aromatic N) is 6. The molecule has 0 bridgehead atoms. The van der Waals surface area contributed by atoms with Crippen LogP contribution in [0.25, 0.3) is 10.9 Å². The second-order valence-corrected chi connectivity index (χ2v) is 10.2. The van der Waals surface area contributed by atoms with Gasteiger partial charge in [-0.25, -0.2) is 8.78 Å². The molecule has 3 aliphatic rings. The largest absolute Gasteiger partial charge is 0.475 e. The molecule has 3 aromatic heterocycles. The molecule has 0 radical (unpaired) electrons. The maximum atomic E-state index is 15.3. The quantitative estimate of drug-likeness (QED) is 0.461. The predicted molar refractivity (Wildman–Crippen MR) is 131 cm³/mol. The minimum absolute atomic E-state index is 0.0115. The summed E-state index contributed by atoms with van der Waals surface area (Å²) < 4.78 is 41.5. The van der Waals surface area contributed by atoms with E-state index in [0.717, 1.165) is 30.6 Å². The highest BCUT2D eigenvalue weighted by Gasteiger charge is 2.49. The number of pyridine rings is 2. The Kier molecular flexibility index (Phi) is 5.83. The summed E-state index contributed by atoms with van der Waals surface area (Å²) in [7, 11) is 0. The molecule has 8 nitrogen and oxygen atoms in total. The van der Waals surface area contributed by atoms with E-state index < -0.39 is 12.0 Å². The van der Waals surface area contributed by atoms with Crippen molar-refractivity contribution in [2.75, 3.05) is 37.7 Å². The van der Waals surface area contributed by atoms with Gasteiger partial charge in [0.25, 0.3) is 0 Å². The van der Waals surface area contributed by atoms with Crippen LogP contribution in [0.15, 0.2) is 18.3 Å². The zero-order chi connectivity index (χ0) is 25.0. The molecular formula is C25H27ClF2N6O2. The molecule has 0 amide bonds. The number of aromatic nitrogens is 4. The predicted octanol–water partition coefficient (Wildman–Crippen LogP) is 4.44. The molecule has 0 aromatic carbocycles. The Labute approximate surface area is 212 Å². The Morgan fingerprint density at radius 1 is 1.31 bits per heavy atom. The Hall–Kier alpha value is -2.85. The summed E-state index contributed by atoms with van der Waals surface area (Å²) in [4.78, 5) is 21.9. The Morgan fingerprint density at radius 2 is 2.17 bits per heavy atom. The van der Waals surface area contributed by atoms with Gasteiger partial charge in [0, 0.05) is 24.9 Å². The van der Waals surface area contributed by atoms with Crippen molar-refractivity contribution in [3.05, 3.63) is 40.6 Å². The van der Waals surface area contributed by atoms with Crippen molar-refractivity contribution in [1.29, 1.82) is 0 Å². The van der Waals surface area contributed by atoms with Crippen molar-refractivity contribution < 1.29 is 18.3 Å². The van der Waals surface area contributed by atoms with Gasteiger partial charge in [-0.05, 0) is 44.9 Å². The first-order valence-corrected chi connectivity index (χ1v) is 12.6. The monoisotopic (exact) mass is 516 g/mol. The van der Waals surface area contributed by atoms with E-state index >= 15 is 4.39 Å². The van der Waals surface area contributed by atoms with Crippen LogP contribution in [0.5, 0.6) is 11.9 Å². The van der Waals surface area contributed by atoms with E-state index in [1.54, 1.807) is 6.20 Å². The Bertz CT molecular complexity index is 1330. The minimum Gasteiger partial charge on any atom is -0.475 e. The molecule has 3 atom stereocenters. The number of hydrogen-bond donors (Lipinski definition) is 0. The fraction of sp³-hybridized carbons (Fsp3) is 0.520. The number of halogens is 3. The van der Waals surface area contributed by atoms with Crippen molar-refractivity contribution in [3.63, 3.8) is 0 Å². The second-order valence-electron chi connectivity index (χ2n) is 9.84. The van der Waals surface area contributed by atoms with Crippen LogP contribution in [-0.2, 0) is 0 Å². The molecule has 3 aliphatic heterocycles. The highest BCUT2D eigenvalue weighted by atomic mass is 35.5. The maximum Gasteiger partial charge on any atom is 0.319 e. The highest BCUT2D eigenvalue weighted by Crippen LogP contribution is 2.43. The second kappa shape index (κ2) is 8.92. The molecule has 36 heavy (non-hydrogen) atoms. The molecule has 6 rings (SSSR count). The van der Waals surface area contributed by atoms with E-state index in [4.69, 9.17) is 26.1 Å². The van der Waals surface area contributed by atoms with Gasteiger partial charge in [-0.2, -0.15) is 15.0 Å². The van der Waals surface area contributed by atoms with E-state index in [0.29, 0.717) is 37.3 Å². The summed E-state index contributed by atoms with van der Waals surface area (Å²) in [5.74, 6) is -0.117. The third-order valence-corrected chi connectivity index (χ3v) is 7.96. The lowest BCUT2D eigenvalue weighted by atomic mass is 9.95. The summed E-state index contributed by atoms with van der Waals surface area (Å²) in [6.07, 6.45) is 3.13. The van der Waals surface area contributed by atoms with Gasteiger partial charge in [0.05, 0.1) is 18.1 Å². The van der Waals surface area contributed by atoms with Gasteiger partial charge in [0.2, 0.25) is 5.88 Å². The minimum atomic E-state index is -0.878. The number of hydrogen-bond acceptors (Lipinski definition) is 8. The molecule has 0 unspecified atom stereocenters. The SMILES string of the molecule is Cc1ncccc1[C@@H](C)N1CCOc2nc(Cl)c(F)c3nc(OC[C@@]45CCCN4C[C@H](F)C5)nc1c23. The van der Waals surface area contributed by atoms with Crippen molar-refractivity contribution in [1.82, 2.24) is 24.8 Å². The third-order valence-electron chi connectivity index (χ3n) is 7.71. The summed E-state index contributed by atoms with van der Waals surface area (Å²) in [5.41, 5.74) is 1.51. The van der Waals surface area contributed by atoms with Crippen molar-refractivity contribution in [2.45, 2.75) is 50.9 Å². The lowest BCUT2D eigenvalue weighted by Gasteiger charge is -2.32. The average molecular weight is 517 g/mol. The highest BCUT2D eigenvalue weighted by molar-refractivity contribution is 6.30. The molecule has 0 N–H and O–H groups in total. The van der Waals surface area contributed by atoms with E-state index in [2.05, 4.69) is 19.9 Å². The molecule has 0 aliphatic carbocycles. The number of ether oxygens (including phenoxy) is 2. The first kappa shape index (κ1) is 23.5. The molecule has 0 spiro atoms. The topological polar surface area (TPSA) is 76.5 Å². The molecular weight excluding hydrogens is 490 g/mol. The van der Waals surface area contributed by atoms with Crippen LogP contribution in [0.1, 0.15) is 43.5 Å². The number of aryl methyl sites for hydroxylation is 1. The summed E-state index contributed by atoms with van der Waals surface area (Å²) >= 11 is 6.10. The number of anilines is 1. The van der Waals surface area contributed by atoms with Crippen molar-refractivity contribution in [3.8, 4) is 11.9 Å². The van der Waals surface area contributed by atoms with Crippen LogP contribution >= 0.6 is 11.6 Å². The van der Waals surface area contributed by atoms with Gasteiger partial charge >= 0.3 is 6.01 Å². The fourth-order valence-electron chi connectivity index (χ4n) is 5.93. The van der Waals surface area contributed by atoms with E-state index in [1.807, 2.05) is 30.9 Å². The van der Waals surface area contributed by atoms with Crippen molar-refractivity contribution in [2.24, 2.45) is 0 Å². The molecule has 2 fully saturated rings. The maximum absolute atomic E-state index is 15.3. The van der Waals surface area contributed by atoms with Gasteiger partial charge in [-0.1, -0.05) is 17.7 Å². The van der Waals surface area contributed by atoms with E-state index in [-0.39, 0.29) is 40.7 Å². The van der Waals surface area contributed by atoms with E-state index in [1.165, 1.54) is 0 Å². The summed E-state index contributed by atoms with van der Waals surface area (Å²) in [6.45, 7) is 6.26. The van der Waals surface area contributed by atoms with Crippen LogP contribution in [0.2, 0.25) is 5.15 Å². The number of alkyl halides is 1. The average Bonchev–Trinajstić information content (AvgIpc) is 3.32. The third kappa shape index (κ3) is 3.82. The van der Waals surface area contributed by atoms with Crippen LogP contribution in [-0.4, -0.2) is 69.4 Å². The smallest absolute Gasteiger partial charge is 0.319 e. The van der Waals surface area contributed by atoms with Gasteiger partial charge in [0.15, 0.2) is 11.0 Å². The first-order chi connectivity index (χ1) is 17.4. The molecule has 3 aromatic rings. The number of fused-ring (bicyclic) bond motifs is 1. The van der Waals surface area contributed by atoms with E-state index in [9.17, 15) is 4.39 Å². The van der Waals surface area contributed by atoms with Crippen LogP contribution in [0.4, 0.5) is 14.6 Å².